The lowest BCUT2D eigenvalue weighted by Crippen LogP contribution is -2.44. The molecular weight excluding hydrogens is 483 g/mol. The number of hydrogen-bond acceptors (Lipinski definition) is 5. The summed E-state index contributed by atoms with van der Waals surface area (Å²) < 4.78 is 5.44. The van der Waals surface area contributed by atoms with Gasteiger partial charge >= 0.3 is 0 Å². The Kier molecular flexibility index (Phi) is 8.15. The molecule has 1 atom stereocenters. The number of aromatic nitrogens is 2. The Balaban J connectivity index is 1.25. The minimum absolute atomic E-state index is 0.00348. The molecule has 1 unspecified atom stereocenters. The highest BCUT2D eigenvalue weighted by molar-refractivity contribution is 6.36. The van der Waals surface area contributed by atoms with Crippen LogP contribution >= 0.6 is 23.2 Å². The minimum atomic E-state index is -0.00348. The molecule has 186 valence electrons. The molecule has 3 aromatic rings. The normalized spacial score (nSPS) is 16.3. The van der Waals surface area contributed by atoms with Crippen LogP contribution in [0.5, 0.6) is 0 Å². The number of amides is 1. The lowest BCUT2D eigenvalue weighted by molar-refractivity contribution is -0.127. The zero-order valence-corrected chi connectivity index (χ0v) is 21.9. The second kappa shape index (κ2) is 11.1. The van der Waals surface area contributed by atoms with E-state index in [0.29, 0.717) is 33.9 Å². The third kappa shape index (κ3) is 6.63. The van der Waals surface area contributed by atoms with Gasteiger partial charge in [-0.3, -0.25) is 9.69 Å². The van der Waals surface area contributed by atoms with Crippen molar-refractivity contribution in [2.75, 3.05) is 13.1 Å². The number of likely N-dealkylation sites (tertiary alicyclic amines) is 1. The van der Waals surface area contributed by atoms with Crippen LogP contribution in [0.1, 0.15) is 51.5 Å². The van der Waals surface area contributed by atoms with Crippen molar-refractivity contribution in [3.63, 3.8) is 0 Å². The fourth-order valence-electron chi connectivity index (χ4n) is 4.83. The molecule has 0 spiro atoms. The Morgan fingerprint density at radius 2 is 1.89 bits per heavy atom. The summed E-state index contributed by atoms with van der Waals surface area (Å²) in [6.45, 7) is 8.72. The Hall–Kier alpha value is -2.41. The van der Waals surface area contributed by atoms with Crippen LogP contribution in [-0.4, -0.2) is 40.1 Å². The molecule has 2 heterocycles. The first-order valence-electron chi connectivity index (χ1n) is 12.1. The Morgan fingerprint density at radius 1 is 1.17 bits per heavy atom. The van der Waals surface area contributed by atoms with Crippen molar-refractivity contribution in [2.45, 2.75) is 58.0 Å². The van der Waals surface area contributed by atoms with Crippen LogP contribution < -0.4 is 5.32 Å². The maximum atomic E-state index is 12.9. The summed E-state index contributed by atoms with van der Waals surface area (Å²) in [6.07, 6.45) is 2.51. The number of hydrogen-bond donors (Lipinski definition) is 1. The van der Waals surface area contributed by atoms with Crippen molar-refractivity contribution in [1.29, 1.82) is 0 Å². The van der Waals surface area contributed by atoms with Gasteiger partial charge in [-0.15, -0.1) is 0 Å². The predicted octanol–water partition coefficient (Wildman–Crippen LogP) is 6.13. The van der Waals surface area contributed by atoms with E-state index in [-0.39, 0.29) is 23.3 Å². The highest BCUT2D eigenvalue weighted by Crippen LogP contribution is 2.30. The van der Waals surface area contributed by atoms with E-state index >= 15 is 0 Å². The molecule has 1 aliphatic rings. The van der Waals surface area contributed by atoms with E-state index in [1.165, 1.54) is 5.56 Å². The third-order valence-corrected chi connectivity index (χ3v) is 7.27. The largest absolute Gasteiger partial charge is 0.353 e. The topological polar surface area (TPSA) is 71.3 Å². The molecule has 1 N–H and O–H groups in total. The average Bonchev–Trinajstić information content (AvgIpc) is 3.27. The van der Waals surface area contributed by atoms with Crippen LogP contribution in [0.4, 0.5) is 0 Å². The van der Waals surface area contributed by atoms with Gasteiger partial charge in [0.25, 0.3) is 0 Å². The molecule has 6 nitrogen and oxygen atoms in total. The molecule has 0 bridgehead atoms. The predicted molar refractivity (Wildman–Crippen MR) is 139 cm³/mol. The van der Waals surface area contributed by atoms with E-state index in [2.05, 4.69) is 65.4 Å². The summed E-state index contributed by atoms with van der Waals surface area (Å²) in [5, 5.41) is 8.36. The van der Waals surface area contributed by atoms with E-state index in [0.717, 1.165) is 32.4 Å². The van der Waals surface area contributed by atoms with Crippen LogP contribution in [0, 0.1) is 5.92 Å². The molecule has 8 heteroatoms. The quantitative estimate of drug-likeness (QED) is 0.391. The third-order valence-electron chi connectivity index (χ3n) is 6.72. The molecule has 1 amide bonds. The van der Waals surface area contributed by atoms with E-state index < -0.39 is 0 Å². The molecule has 1 saturated heterocycles. The molecule has 0 aliphatic carbocycles. The van der Waals surface area contributed by atoms with Crippen LogP contribution in [-0.2, 0) is 16.8 Å². The molecule has 0 radical (unpaired) electrons. The molecule has 0 saturated carbocycles. The number of carbonyl (C=O) groups excluding carboxylic acids is 1. The van der Waals surface area contributed by atoms with E-state index in [9.17, 15) is 4.79 Å². The monoisotopic (exact) mass is 514 g/mol. The van der Waals surface area contributed by atoms with Gasteiger partial charge in [0.1, 0.15) is 0 Å². The summed E-state index contributed by atoms with van der Waals surface area (Å²) in [5.41, 5.74) is 1.97. The average molecular weight is 515 g/mol. The van der Waals surface area contributed by atoms with E-state index in [1.54, 1.807) is 18.2 Å². The first-order valence-corrected chi connectivity index (χ1v) is 12.8. The van der Waals surface area contributed by atoms with Crippen molar-refractivity contribution in [3.8, 4) is 11.4 Å². The van der Waals surface area contributed by atoms with Crippen molar-refractivity contribution >= 4 is 29.1 Å². The lowest BCUT2D eigenvalue weighted by atomic mass is 9.79. The highest BCUT2D eigenvalue weighted by Gasteiger charge is 2.29. The fraction of sp³-hybridized carbons (Fsp3) is 0.444. The summed E-state index contributed by atoms with van der Waals surface area (Å²) in [7, 11) is 0. The highest BCUT2D eigenvalue weighted by atomic mass is 35.5. The molecule has 1 aliphatic heterocycles. The van der Waals surface area contributed by atoms with Gasteiger partial charge in [0.2, 0.25) is 17.6 Å². The number of benzene rings is 2. The van der Waals surface area contributed by atoms with E-state index in [4.69, 9.17) is 27.7 Å². The fourth-order valence-corrected chi connectivity index (χ4v) is 5.32. The number of nitrogens with one attached hydrogen (secondary N) is 1. The number of piperidine rings is 1. The van der Waals surface area contributed by atoms with Gasteiger partial charge in [-0.1, -0.05) is 72.5 Å². The van der Waals surface area contributed by atoms with Crippen LogP contribution in [0.25, 0.3) is 11.4 Å². The number of halogens is 2. The van der Waals surface area contributed by atoms with Crippen LogP contribution in [0.2, 0.25) is 10.0 Å². The van der Waals surface area contributed by atoms with Gasteiger partial charge in [-0.05, 0) is 68.5 Å². The first kappa shape index (κ1) is 25.7. The minimum Gasteiger partial charge on any atom is -0.353 e. The summed E-state index contributed by atoms with van der Waals surface area (Å²) in [4.78, 5) is 19.7. The molecule has 35 heavy (non-hydrogen) atoms. The van der Waals surface area contributed by atoms with Gasteiger partial charge in [0, 0.05) is 22.5 Å². The van der Waals surface area contributed by atoms with E-state index in [1.807, 2.05) is 6.07 Å². The Bertz CT molecular complexity index is 1140. The summed E-state index contributed by atoms with van der Waals surface area (Å²) in [5.74, 6) is 1.16. The maximum absolute atomic E-state index is 12.9. The molecule has 4 rings (SSSR count). The first-order chi connectivity index (χ1) is 16.7. The summed E-state index contributed by atoms with van der Waals surface area (Å²) in [6, 6.07) is 15.8. The number of carbonyl (C=O) groups is 1. The molecule has 2 aromatic carbocycles. The Morgan fingerprint density at radius 3 is 2.57 bits per heavy atom. The zero-order valence-electron chi connectivity index (χ0n) is 20.4. The van der Waals surface area contributed by atoms with Crippen molar-refractivity contribution in [3.05, 3.63) is 70.0 Å². The van der Waals surface area contributed by atoms with Gasteiger partial charge in [-0.25, -0.2) is 0 Å². The smallest absolute Gasteiger partial charge is 0.241 e. The van der Waals surface area contributed by atoms with Crippen LogP contribution in [0.3, 0.4) is 0 Å². The lowest BCUT2D eigenvalue weighted by Gasteiger charge is -2.32. The SMILES string of the molecule is CC(CC(C)(C)c1ccccc1)NC(=O)C1CCN(Cc2nc(-c3ccc(Cl)cc3Cl)no2)CC1. The molecule has 1 aromatic heterocycles. The van der Waals surface area contributed by atoms with Crippen LogP contribution in [0.15, 0.2) is 53.1 Å². The van der Waals surface area contributed by atoms with Gasteiger partial charge < -0.3 is 9.84 Å². The van der Waals surface area contributed by atoms with Gasteiger partial charge in [-0.2, -0.15) is 4.98 Å². The molecule has 1 fully saturated rings. The summed E-state index contributed by atoms with van der Waals surface area (Å²) >= 11 is 12.2. The number of nitrogens with zero attached hydrogens (tertiary/aromatic N) is 3. The molecular formula is C27H32Cl2N4O2. The van der Waals surface area contributed by atoms with Gasteiger partial charge in [0.15, 0.2) is 0 Å². The number of rotatable bonds is 8. The maximum Gasteiger partial charge on any atom is 0.241 e. The Labute approximate surface area is 217 Å². The van der Waals surface area contributed by atoms with Crippen molar-refractivity contribution in [1.82, 2.24) is 20.4 Å². The van der Waals surface area contributed by atoms with Crippen molar-refractivity contribution < 1.29 is 9.32 Å². The standard InChI is InChI=1S/C27H32Cl2N4O2/c1-18(16-27(2,3)20-7-5-4-6-8-20)30-26(34)19-11-13-33(14-12-19)17-24-31-25(32-35-24)22-10-9-21(28)15-23(22)29/h4-10,15,18-19H,11-14,16-17H2,1-3H3,(H,30,34). The zero-order chi connectivity index (χ0) is 25.0. The van der Waals surface area contributed by atoms with Crippen molar-refractivity contribution in [2.24, 2.45) is 5.92 Å². The van der Waals surface area contributed by atoms with Gasteiger partial charge in [0.05, 0.1) is 11.6 Å². The second-order valence-corrected chi connectivity index (χ2v) is 10.9. The second-order valence-electron chi connectivity index (χ2n) is 10.0.